The monoisotopic (exact) mass is 421 g/mol. The number of benzene rings is 1. The maximum atomic E-state index is 12.8. The van der Waals surface area contributed by atoms with Crippen LogP contribution < -0.4 is 10.1 Å². The summed E-state index contributed by atoms with van der Waals surface area (Å²) in [7, 11) is 1.65. The SMILES string of the molecule is C#C[C@H]1CN2CC[C@H]1C[C@H]2[C@H](OC(=O)NC(C)(C)C)c1ccnc2ccc(OC)cc12. The van der Waals surface area contributed by atoms with Crippen molar-refractivity contribution in [1.29, 1.82) is 0 Å². The smallest absolute Gasteiger partial charge is 0.408 e. The summed E-state index contributed by atoms with van der Waals surface area (Å²) in [5.41, 5.74) is 1.41. The van der Waals surface area contributed by atoms with Crippen LogP contribution >= 0.6 is 0 Å². The van der Waals surface area contributed by atoms with Crippen molar-refractivity contribution in [3.63, 3.8) is 0 Å². The highest BCUT2D eigenvalue weighted by Gasteiger charge is 2.44. The largest absolute Gasteiger partial charge is 0.497 e. The molecule has 6 heteroatoms. The molecule has 2 bridgehead atoms. The van der Waals surface area contributed by atoms with Crippen LogP contribution in [0.3, 0.4) is 0 Å². The Hall–Kier alpha value is -2.78. The molecule has 5 atom stereocenters. The van der Waals surface area contributed by atoms with Crippen LogP contribution in [0.2, 0.25) is 0 Å². The molecule has 1 amide bonds. The van der Waals surface area contributed by atoms with Gasteiger partial charge in [-0.05, 0) is 70.3 Å². The molecule has 1 unspecified atom stereocenters. The number of ether oxygens (including phenoxy) is 2. The predicted octanol–water partition coefficient (Wildman–Crippen LogP) is 4.15. The number of fused-ring (bicyclic) bond motifs is 4. The van der Waals surface area contributed by atoms with Crippen molar-refractivity contribution in [2.75, 3.05) is 20.2 Å². The molecule has 1 N–H and O–H groups in total. The highest BCUT2D eigenvalue weighted by atomic mass is 16.6. The Kier molecular flexibility index (Phi) is 5.81. The second kappa shape index (κ2) is 8.39. The summed E-state index contributed by atoms with van der Waals surface area (Å²) in [5, 5.41) is 3.88. The molecule has 31 heavy (non-hydrogen) atoms. The Bertz CT molecular complexity index is 1010. The normalized spacial score (nSPS) is 26.2. The number of carbonyl (C=O) groups is 1. The highest BCUT2D eigenvalue weighted by Crippen LogP contribution is 2.43. The molecule has 1 aromatic carbocycles. The van der Waals surface area contributed by atoms with E-state index in [0.717, 1.165) is 48.1 Å². The van der Waals surface area contributed by atoms with Gasteiger partial charge in [-0.25, -0.2) is 4.79 Å². The molecule has 0 saturated carbocycles. The molecule has 164 valence electrons. The van der Waals surface area contributed by atoms with Gasteiger partial charge in [-0.3, -0.25) is 9.88 Å². The molecule has 3 aliphatic heterocycles. The molecule has 4 heterocycles. The number of terminal acetylenes is 1. The summed E-state index contributed by atoms with van der Waals surface area (Å²) in [5.74, 6) is 4.44. The van der Waals surface area contributed by atoms with Crippen molar-refractivity contribution in [2.45, 2.75) is 51.3 Å². The molecule has 1 aromatic heterocycles. The zero-order valence-electron chi connectivity index (χ0n) is 18.7. The van der Waals surface area contributed by atoms with Gasteiger partial charge in [-0.1, -0.05) is 0 Å². The molecule has 0 radical (unpaired) electrons. The third kappa shape index (κ3) is 4.47. The number of alkyl carbamates (subject to hydrolysis) is 1. The van der Waals surface area contributed by atoms with Crippen LogP contribution in [-0.4, -0.2) is 47.8 Å². The number of pyridine rings is 1. The Morgan fingerprint density at radius 1 is 1.35 bits per heavy atom. The Morgan fingerprint density at radius 3 is 2.81 bits per heavy atom. The standard InChI is InChI=1S/C25H31N3O3/c1-6-16-15-28-12-10-17(16)13-22(28)23(31-24(29)27-25(2,3)4)19-9-11-26-21-8-7-18(30-5)14-20(19)21/h1,7-9,11,14,16-17,22-23H,10,12-13,15H2,2-5H3,(H,27,29)/t16-,17-,22-,23+/m0/s1. The fraction of sp³-hybridized carbons (Fsp3) is 0.520. The van der Waals surface area contributed by atoms with Gasteiger partial charge in [-0.15, -0.1) is 12.3 Å². The highest BCUT2D eigenvalue weighted by molar-refractivity contribution is 5.84. The Morgan fingerprint density at radius 2 is 2.16 bits per heavy atom. The fourth-order valence-corrected chi connectivity index (χ4v) is 4.89. The first kappa shape index (κ1) is 21.5. The lowest BCUT2D eigenvalue weighted by Gasteiger charge is -2.50. The van der Waals surface area contributed by atoms with Gasteiger partial charge in [0.2, 0.25) is 0 Å². The maximum Gasteiger partial charge on any atom is 0.408 e. The van der Waals surface area contributed by atoms with Gasteiger partial charge < -0.3 is 14.8 Å². The summed E-state index contributed by atoms with van der Waals surface area (Å²) in [6, 6.07) is 7.83. The predicted molar refractivity (Wildman–Crippen MR) is 121 cm³/mol. The molecule has 5 rings (SSSR count). The van der Waals surface area contributed by atoms with E-state index in [1.165, 1.54) is 0 Å². The van der Waals surface area contributed by atoms with Gasteiger partial charge in [0.1, 0.15) is 11.9 Å². The number of methoxy groups -OCH3 is 1. The number of hydrogen-bond donors (Lipinski definition) is 1. The van der Waals surface area contributed by atoms with Gasteiger partial charge in [0, 0.05) is 35.1 Å². The number of amides is 1. The number of aromatic nitrogens is 1. The molecular weight excluding hydrogens is 390 g/mol. The first-order chi connectivity index (χ1) is 14.8. The minimum Gasteiger partial charge on any atom is -0.497 e. The number of nitrogens with zero attached hydrogens (tertiary/aromatic N) is 2. The number of hydrogen-bond acceptors (Lipinski definition) is 5. The van der Waals surface area contributed by atoms with Crippen molar-refractivity contribution in [2.24, 2.45) is 11.8 Å². The number of nitrogens with one attached hydrogen (secondary N) is 1. The second-order valence-electron chi connectivity index (χ2n) is 9.60. The van der Waals surface area contributed by atoms with Crippen LogP contribution in [0.1, 0.15) is 45.3 Å². The third-order valence-corrected chi connectivity index (χ3v) is 6.36. The van der Waals surface area contributed by atoms with Crippen molar-refractivity contribution in [3.05, 3.63) is 36.0 Å². The molecule has 0 spiro atoms. The molecule has 0 aliphatic carbocycles. The van der Waals surface area contributed by atoms with Crippen LogP contribution in [0.15, 0.2) is 30.5 Å². The van der Waals surface area contributed by atoms with Gasteiger partial charge in [0.25, 0.3) is 0 Å². The lowest BCUT2D eigenvalue weighted by atomic mass is 9.74. The quantitative estimate of drug-likeness (QED) is 0.752. The van der Waals surface area contributed by atoms with Crippen molar-refractivity contribution in [1.82, 2.24) is 15.2 Å². The van der Waals surface area contributed by atoms with Gasteiger partial charge in [-0.2, -0.15) is 0 Å². The average Bonchev–Trinajstić information content (AvgIpc) is 2.75. The summed E-state index contributed by atoms with van der Waals surface area (Å²) in [6.07, 6.45) is 8.73. The van der Waals surface area contributed by atoms with E-state index in [1.54, 1.807) is 13.3 Å². The molecule has 3 aliphatic rings. The summed E-state index contributed by atoms with van der Waals surface area (Å²) in [6.45, 7) is 7.65. The van der Waals surface area contributed by atoms with Gasteiger partial charge in [0.15, 0.2) is 0 Å². The topological polar surface area (TPSA) is 63.7 Å². The van der Waals surface area contributed by atoms with E-state index in [1.807, 2.05) is 45.0 Å². The first-order valence-electron chi connectivity index (χ1n) is 10.9. The third-order valence-electron chi connectivity index (χ3n) is 6.36. The average molecular weight is 422 g/mol. The van der Waals surface area contributed by atoms with Crippen LogP contribution in [0.25, 0.3) is 10.9 Å². The van der Waals surface area contributed by atoms with E-state index in [4.69, 9.17) is 15.9 Å². The molecule has 6 nitrogen and oxygen atoms in total. The van der Waals surface area contributed by atoms with Crippen molar-refractivity contribution < 1.29 is 14.3 Å². The minimum absolute atomic E-state index is 0.0749. The summed E-state index contributed by atoms with van der Waals surface area (Å²) < 4.78 is 11.6. The van der Waals surface area contributed by atoms with Crippen molar-refractivity contribution in [3.8, 4) is 18.1 Å². The Labute approximate surface area is 184 Å². The van der Waals surface area contributed by atoms with Gasteiger partial charge >= 0.3 is 6.09 Å². The van der Waals surface area contributed by atoms with E-state index in [-0.39, 0.29) is 17.5 Å². The van der Waals surface area contributed by atoms with Crippen LogP contribution in [-0.2, 0) is 4.74 Å². The van der Waals surface area contributed by atoms with Crippen LogP contribution in [0.4, 0.5) is 4.79 Å². The molecule has 2 aromatic rings. The zero-order valence-corrected chi connectivity index (χ0v) is 18.7. The van der Waals surface area contributed by atoms with E-state index >= 15 is 0 Å². The molecule has 3 saturated heterocycles. The molecule has 3 fully saturated rings. The lowest BCUT2D eigenvalue weighted by Crippen LogP contribution is -2.56. The Balaban J connectivity index is 1.74. The lowest BCUT2D eigenvalue weighted by molar-refractivity contribution is -0.0489. The first-order valence-corrected chi connectivity index (χ1v) is 10.9. The van der Waals surface area contributed by atoms with Crippen LogP contribution in [0.5, 0.6) is 5.75 Å². The summed E-state index contributed by atoms with van der Waals surface area (Å²) in [4.78, 5) is 19.7. The number of piperidine rings is 3. The van der Waals surface area contributed by atoms with E-state index in [0.29, 0.717) is 5.92 Å². The van der Waals surface area contributed by atoms with Crippen LogP contribution in [0, 0.1) is 24.2 Å². The second-order valence-corrected chi connectivity index (χ2v) is 9.60. The number of rotatable bonds is 4. The van der Waals surface area contributed by atoms with E-state index in [9.17, 15) is 4.79 Å². The maximum absolute atomic E-state index is 12.8. The van der Waals surface area contributed by atoms with E-state index < -0.39 is 12.2 Å². The summed E-state index contributed by atoms with van der Waals surface area (Å²) >= 11 is 0. The van der Waals surface area contributed by atoms with Crippen molar-refractivity contribution >= 4 is 17.0 Å². The zero-order chi connectivity index (χ0) is 22.2. The fourth-order valence-electron chi connectivity index (χ4n) is 4.89. The molecular formula is C25H31N3O3. The minimum atomic E-state index is -0.429. The van der Waals surface area contributed by atoms with Gasteiger partial charge in [0.05, 0.1) is 18.7 Å². The van der Waals surface area contributed by atoms with E-state index in [2.05, 4.69) is 21.1 Å². The number of carbonyl (C=O) groups excluding carboxylic acids is 1.